The van der Waals surface area contributed by atoms with Crippen LogP contribution >= 0.6 is 0 Å². The fraction of sp³-hybridized carbons (Fsp3) is 0.214. The zero-order chi connectivity index (χ0) is 14.4. The van der Waals surface area contributed by atoms with E-state index in [9.17, 15) is 9.18 Å². The number of nitrogens with one attached hydrogen (secondary N) is 1. The molecule has 3 aromatic rings. The molecule has 2 aromatic heterocycles. The molecule has 0 spiro atoms. The predicted octanol–water partition coefficient (Wildman–Crippen LogP) is 1.63. The standard InChI is InChI=1S/C14H11FN4O2/c15-8-1-2-9-11(3-4-21-12(9)5-8)19-13-10(18-14(19)20)6-16-7-17-13/h1-2,5-7,11H,3-4H2,(H,18,20)/t11-/m1/s1. The summed E-state index contributed by atoms with van der Waals surface area (Å²) >= 11 is 0. The molecule has 6 nitrogen and oxygen atoms in total. The number of halogens is 1. The lowest BCUT2D eigenvalue weighted by molar-refractivity contribution is 0.255. The van der Waals surface area contributed by atoms with Crippen LogP contribution in [0.3, 0.4) is 0 Å². The number of ether oxygens (including phenoxy) is 1. The molecule has 0 unspecified atom stereocenters. The van der Waals surface area contributed by atoms with E-state index in [1.165, 1.54) is 18.5 Å². The third-order valence-electron chi connectivity index (χ3n) is 3.67. The van der Waals surface area contributed by atoms with Crippen molar-refractivity contribution in [3.63, 3.8) is 0 Å². The van der Waals surface area contributed by atoms with Gasteiger partial charge < -0.3 is 9.72 Å². The van der Waals surface area contributed by atoms with Crippen molar-refractivity contribution in [1.29, 1.82) is 0 Å². The Balaban J connectivity index is 1.95. The Hall–Kier alpha value is -2.70. The zero-order valence-electron chi connectivity index (χ0n) is 10.9. The van der Waals surface area contributed by atoms with Gasteiger partial charge in [-0.3, -0.25) is 4.57 Å². The first-order valence-corrected chi connectivity index (χ1v) is 6.56. The third-order valence-corrected chi connectivity index (χ3v) is 3.67. The van der Waals surface area contributed by atoms with Crippen LogP contribution < -0.4 is 10.4 Å². The van der Waals surface area contributed by atoms with Crippen molar-refractivity contribution in [2.45, 2.75) is 12.5 Å². The number of imidazole rings is 1. The summed E-state index contributed by atoms with van der Waals surface area (Å²) in [7, 11) is 0. The van der Waals surface area contributed by atoms with Crippen LogP contribution in [0.15, 0.2) is 35.5 Å². The lowest BCUT2D eigenvalue weighted by Gasteiger charge is -2.26. The van der Waals surface area contributed by atoms with Crippen molar-refractivity contribution in [3.8, 4) is 5.75 Å². The minimum Gasteiger partial charge on any atom is -0.493 e. The van der Waals surface area contributed by atoms with Gasteiger partial charge in [0.1, 0.15) is 23.4 Å². The van der Waals surface area contributed by atoms with Crippen LogP contribution in [0.4, 0.5) is 4.39 Å². The average Bonchev–Trinajstić information content (AvgIpc) is 2.82. The summed E-state index contributed by atoms with van der Waals surface area (Å²) in [4.78, 5) is 23.0. The van der Waals surface area contributed by atoms with Crippen LogP contribution in [-0.4, -0.2) is 26.1 Å². The second kappa shape index (κ2) is 4.41. The Labute approximate surface area is 118 Å². The molecule has 0 amide bonds. The molecule has 0 saturated carbocycles. The molecule has 0 aliphatic carbocycles. The number of benzene rings is 1. The summed E-state index contributed by atoms with van der Waals surface area (Å²) in [5.41, 5.74) is 1.65. The van der Waals surface area contributed by atoms with Crippen LogP contribution in [0.5, 0.6) is 5.75 Å². The third kappa shape index (κ3) is 1.81. The van der Waals surface area contributed by atoms with E-state index >= 15 is 0 Å². The van der Waals surface area contributed by atoms with Crippen LogP contribution in [0.25, 0.3) is 11.2 Å². The van der Waals surface area contributed by atoms with Gasteiger partial charge in [0.15, 0.2) is 5.65 Å². The highest BCUT2D eigenvalue weighted by atomic mass is 19.1. The molecule has 21 heavy (non-hydrogen) atoms. The molecule has 1 atom stereocenters. The van der Waals surface area contributed by atoms with Crippen molar-refractivity contribution in [2.24, 2.45) is 0 Å². The van der Waals surface area contributed by atoms with E-state index in [1.807, 2.05) is 0 Å². The summed E-state index contributed by atoms with van der Waals surface area (Å²) in [6.07, 6.45) is 3.58. The Kier molecular flexibility index (Phi) is 2.53. The summed E-state index contributed by atoms with van der Waals surface area (Å²) in [6.45, 7) is 0.422. The lowest BCUT2D eigenvalue weighted by Crippen LogP contribution is -2.28. The lowest BCUT2D eigenvalue weighted by atomic mass is 10.0. The van der Waals surface area contributed by atoms with E-state index in [0.717, 1.165) is 5.56 Å². The maximum atomic E-state index is 13.3. The van der Waals surface area contributed by atoms with Gasteiger partial charge in [-0.1, -0.05) is 6.07 Å². The smallest absolute Gasteiger partial charge is 0.328 e. The number of aromatic amines is 1. The highest BCUT2D eigenvalue weighted by Gasteiger charge is 2.26. The van der Waals surface area contributed by atoms with E-state index < -0.39 is 0 Å². The van der Waals surface area contributed by atoms with Gasteiger partial charge in [-0.15, -0.1) is 0 Å². The van der Waals surface area contributed by atoms with Gasteiger partial charge in [0, 0.05) is 18.1 Å². The molecule has 1 aromatic carbocycles. The Bertz CT molecular complexity index is 886. The summed E-state index contributed by atoms with van der Waals surface area (Å²) in [5, 5.41) is 0. The number of H-pyrrole nitrogens is 1. The Morgan fingerprint density at radius 1 is 1.43 bits per heavy atom. The van der Waals surface area contributed by atoms with Gasteiger partial charge in [0.2, 0.25) is 0 Å². The van der Waals surface area contributed by atoms with Gasteiger partial charge in [-0.05, 0) is 6.07 Å². The minimum absolute atomic E-state index is 0.231. The predicted molar refractivity (Wildman–Crippen MR) is 72.8 cm³/mol. The maximum Gasteiger partial charge on any atom is 0.328 e. The van der Waals surface area contributed by atoms with E-state index in [1.54, 1.807) is 16.8 Å². The number of aromatic nitrogens is 4. The first-order chi connectivity index (χ1) is 10.2. The Morgan fingerprint density at radius 3 is 3.24 bits per heavy atom. The van der Waals surface area contributed by atoms with Gasteiger partial charge in [-0.25, -0.2) is 19.2 Å². The number of hydrogen-bond donors (Lipinski definition) is 1. The van der Waals surface area contributed by atoms with Gasteiger partial charge in [-0.2, -0.15) is 0 Å². The fourth-order valence-electron chi connectivity index (χ4n) is 2.78. The summed E-state index contributed by atoms with van der Waals surface area (Å²) in [6, 6.07) is 4.14. The van der Waals surface area contributed by atoms with Crippen LogP contribution in [0.1, 0.15) is 18.0 Å². The van der Waals surface area contributed by atoms with E-state index in [4.69, 9.17) is 4.74 Å². The molecule has 0 bridgehead atoms. The van der Waals surface area contributed by atoms with Gasteiger partial charge in [0.25, 0.3) is 0 Å². The molecule has 106 valence electrons. The topological polar surface area (TPSA) is 72.8 Å². The maximum absolute atomic E-state index is 13.3. The Morgan fingerprint density at radius 2 is 2.33 bits per heavy atom. The average molecular weight is 286 g/mol. The molecule has 4 rings (SSSR count). The first kappa shape index (κ1) is 12.1. The minimum atomic E-state index is -0.358. The van der Waals surface area contributed by atoms with E-state index in [2.05, 4.69) is 15.0 Å². The molecule has 7 heteroatoms. The molecule has 0 radical (unpaired) electrons. The monoisotopic (exact) mass is 286 g/mol. The largest absolute Gasteiger partial charge is 0.493 e. The molecular weight excluding hydrogens is 275 g/mol. The molecular formula is C14H11FN4O2. The fourth-order valence-corrected chi connectivity index (χ4v) is 2.78. The second-order valence-electron chi connectivity index (χ2n) is 4.90. The number of rotatable bonds is 1. The van der Waals surface area contributed by atoms with E-state index in [0.29, 0.717) is 29.9 Å². The highest BCUT2D eigenvalue weighted by molar-refractivity contribution is 5.69. The quantitative estimate of drug-likeness (QED) is 0.738. The number of fused-ring (bicyclic) bond motifs is 2. The van der Waals surface area contributed by atoms with Gasteiger partial charge >= 0.3 is 5.69 Å². The van der Waals surface area contributed by atoms with E-state index in [-0.39, 0.29) is 17.5 Å². The summed E-state index contributed by atoms with van der Waals surface area (Å²) in [5.74, 6) is 0.115. The molecule has 1 aliphatic heterocycles. The van der Waals surface area contributed by atoms with Crippen molar-refractivity contribution >= 4 is 11.2 Å². The van der Waals surface area contributed by atoms with Gasteiger partial charge in [0.05, 0.1) is 18.8 Å². The summed E-state index contributed by atoms with van der Waals surface area (Å²) < 4.78 is 20.4. The number of hydrogen-bond acceptors (Lipinski definition) is 4. The molecule has 1 N–H and O–H groups in total. The van der Waals surface area contributed by atoms with Crippen molar-refractivity contribution in [3.05, 3.63) is 52.6 Å². The van der Waals surface area contributed by atoms with Crippen molar-refractivity contribution in [2.75, 3.05) is 6.61 Å². The second-order valence-corrected chi connectivity index (χ2v) is 4.90. The van der Waals surface area contributed by atoms with Crippen molar-refractivity contribution in [1.82, 2.24) is 19.5 Å². The zero-order valence-corrected chi connectivity index (χ0v) is 10.9. The van der Waals surface area contributed by atoms with Crippen molar-refractivity contribution < 1.29 is 9.13 Å². The molecule has 0 fully saturated rings. The van der Waals surface area contributed by atoms with Crippen LogP contribution in [-0.2, 0) is 0 Å². The first-order valence-electron chi connectivity index (χ1n) is 6.56. The SMILES string of the molecule is O=c1[nH]c2cncnc2n1[C@@H]1CCOc2cc(F)ccc21. The van der Waals surface area contributed by atoms with Crippen LogP contribution in [0, 0.1) is 5.82 Å². The molecule has 3 heterocycles. The highest BCUT2D eigenvalue weighted by Crippen LogP contribution is 2.35. The van der Waals surface area contributed by atoms with Crippen LogP contribution in [0.2, 0.25) is 0 Å². The molecule has 1 aliphatic rings. The number of nitrogens with zero attached hydrogens (tertiary/aromatic N) is 3. The normalized spacial score (nSPS) is 17.5. The molecule has 0 saturated heterocycles.